The highest BCUT2D eigenvalue weighted by molar-refractivity contribution is 9.10. The molecule has 0 aliphatic heterocycles. The Morgan fingerprint density at radius 1 is 1.11 bits per heavy atom. The van der Waals surface area contributed by atoms with E-state index in [1.165, 1.54) is 18.4 Å². The number of thiophene rings is 1. The molecule has 2 aromatic carbocycles. The number of hydrogen-bond donors (Lipinski definition) is 2. The monoisotopic (exact) mass is 460 g/mol. The first-order valence-corrected chi connectivity index (χ1v) is 10.1. The summed E-state index contributed by atoms with van der Waals surface area (Å²) in [5, 5.41) is 7.32. The van der Waals surface area contributed by atoms with Gasteiger partial charge in [-0.05, 0) is 54.5 Å². The van der Waals surface area contributed by atoms with Crippen molar-refractivity contribution in [2.45, 2.75) is 6.92 Å². The molecule has 27 heavy (non-hydrogen) atoms. The smallest absolute Gasteiger partial charge is 0.340 e. The quantitative estimate of drug-likeness (QED) is 0.364. The van der Waals surface area contributed by atoms with Crippen LogP contribution in [0.25, 0.3) is 10.4 Å². The highest BCUT2D eigenvalue weighted by Gasteiger charge is 2.18. The summed E-state index contributed by atoms with van der Waals surface area (Å²) in [6.45, 7) is 2.01. The first kappa shape index (κ1) is 19.5. The van der Waals surface area contributed by atoms with Crippen molar-refractivity contribution in [2.75, 3.05) is 17.7 Å². The summed E-state index contributed by atoms with van der Waals surface area (Å²) in [5.41, 5.74) is 3.45. The third-order valence-electron chi connectivity index (χ3n) is 3.84. The van der Waals surface area contributed by atoms with Gasteiger partial charge in [-0.1, -0.05) is 46.3 Å². The van der Waals surface area contributed by atoms with E-state index in [1.54, 1.807) is 0 Å². The maximum absolute atomic E-state index is 12.2. The molecule has 0 saturated heterocycles. The van der Waals surface area contributed by atoms with Gasteiger partial charge in [0.25, 0.3) is 0 Å². The molecule has 2 N–H and O–H groups in total. The minimum atomic E-state index is -0.404. The SMILES string of the molecule is COC(=O)c1cc(-c2ccccc2)sc1NC(=S)Nc1ccc(Br)c(C)c1. The molecule has 0 saturated carbocycles. The average Bonchev–Trinajstić information content (AvgIpc) is 3.08. The van der Waals surface area contributed by atoms with E-state index < -0.39 is 5.97 Å². The fraction of sp³-hybridized carbons (Fsp3) is 0.100. The van der Waals surface area contributed by atoms with Gasteiger partial charge >= 0.3 is 5.97 Å². The van der Waals surface area contributed by atoms with Crippen molar-refractivity contribution in [2.24, 2.45) is 0 Å². The molecule has 0 aliphatic rings. The number of methoxy groups -OCH3 is 1. The van der Waals surface area contributed by atoms with Crippen molar-refractivity contribution in [1.29, 1.82) is 0 Å². The average molecular weight is 461 g/mol. The predicted octanol–water partition coefficient (Wildman–Crippen LogP) is 6.08. The van der Waals surface area contributed by atoms with Crippen molar-refractivity contribution in [3.8, 4) is 10.4 Å². The van der Waals surface area contributed by atoms with E-state index >= 15 is 0 Å². The number of carbonyl (C=O) groups is 1. The summed E-state index contributed by atoms with van der Waals surface area (Å²) in [4.78, 5) is 13.1. The van der Waals surface area contributed by atoms with E-state index in [0.29, 0.717) is 15.7 Å². The van der Waals surface area contributed by atoms with E-state index in [0.717, 1.165) is 26.2 Å². The third kappa shape index (κ3) is 4.74. The van der Waals surface area contributed by atoms with Gasteiger partial charge in [-0.25, -0.2) is 4.79 Å². The van der Waals surface area contributed by atoms with Crippen LogP contribution in [0.1, 0.15) is 15.9 Å². The van der Waals surface area contributed by atoms with Crippen LogP contribution in [0.4, 0.5) is 10.7 Å². The number of benzene rings is 2. The topological polar surface area (TPSA) is 50.4 Å². The second-order valence-electron chi connectivity index (χ2n) is 5.75. The van der Waals surface area contributed by atoms with Crippen molar-refractivity contribution in [3.63, 3.8) is 0 Å². The zero-order valence-electron chi connectivity index (χ0n) is 14.7. The van der Waals surface area contributed by atoms with Gasteiger partial charge in [-0.2, -0.15) is 0 Å². The summed E-state index contributed by atoms with van der Waals surface area (Å²) in [7, 11) is 1.37. The number of aryl methyl sites for hydroxylation is 1. The molecule has 3 rings (SSSR count). The molecule has 3 aromatic rings. The Hall–Kier alpha value is -2.22. The maximum Gasteiger partial charge on any atom is 0.340 e. The molecular formula is C20H17BrN2O2S2. The molecular weight excluding hydrogens is 444 g/mol. The number of rotatable bonds is 4. The molecule has 1 aromatic heterocycles. The van der Waals surface area contributed by atoms with Gasteiger partial charge < -0.3 is 15.4 Å². The van der Waals surface area contributed by atoms with Gasteiger partial charge in [0, 0.05) is 15.0 Å². The Labute approximate surface area is 175 Å². The molecule has 7 heteroatoms. The standard InChI is InChI=1S/C20H17BrN2O2S2/c1-12-10-14(8-9-16(12)21)22-20(26)23-18-15(19(24)25-2)11-17(27-18)13-6-4-3-5-7-13/h3-11H,1-2H3,(H2,22,23,26). The summed E-state index contributed by atoms with van der Waals surface area (Å²) in [6.07, 6.45) is 0. The van der Waals surface area contributed by atoms with Crippen molar-refractivity contribution in [1.82, 2.24) is 0 Å². The molecule has 0 radical (unpaired) electrons. The van der Waals surface area contributed by atoms with Gasteiger partial charge in [0.15, 0.2) is 5.11 Å². The van der Waals surface area contributed by atoms with Crippen LogP contribution in [0.2, 0.25) is 0 Å². The van der Waals surface area contributed by atoms with E-state index in [-0.39, 0.29) is 0 Å². The van der Waals surface area contributed by atoms with E-state index in [9.17, 15) is 4.79 Å². The normalized spacial score (nSPS) is 10.3. The maximum atomic E-state index is 12.2. The number of halogens is 1. The van der Waals surface area contributed by atoms with Gasteiger partial charge in [0.1, 0.15) is 5.00 Å². The molecule has 4 nitrogen and oxygen atoms in total. The lowest BCUT2D eigenvalue weighted by atomic mass is 10.1. The Morgan fingerprint density at radius 2 is 1.85 bits per heavy atom. The van der Waals surface area contributed by atoms with Gasteiger partial charge in [-0.3, -0.25) is 0 Å². The molecule has 0 aliphatic carbocycles. The number of nitrogens with one attached hydrogen (secondary N) is 2. The number of esters is 1. The van der Waals surface area contributed by atoms with Crippen LogP contribution in [0.5, 0.6) is 0 Å². The fourth-order valence-corrected chi connectivity index (χ4v) is 4.07. The van der Waals surface area contributed by atoms with Gasteiger partial charge in [0.2, 0.25) is 0 Å². The van der Waals surface area contributed by atoms with E-state index in [4.69, 9.17) is 17.0 Å². The second-order valence-corrected chi connectivity index (χ2v) is 8.07. The van der Waals surface area contributed by atoms with Crippen LogP contribution >= 0.6 is 39.5 Å². The summed E-state index contributed by atoms with van der Waals surface area (Å²) in [6, 6.07) is 17.6. The summed E-state index contributed by atoms with van der Waals surface area (Å²) < 4.78 is 5.95. The Bertz CT molecular complexity index is 987. The zero-order valence-corrected chi connectivity index (χ0v) is 17.9. The fourth-order valence-electron chi connectivity index (χ4n) is 2.48. The molecule has 0 bridgehead atoms. The van der Waals surface area contributed by atoms with Gasteiger partial charge in [-0.15, -0.1) is 11.3 Å². The minimum absolute atomic E-state index is 0.404. The molecule has 1 heterocycles. The number of ether oxygens (including phenoxy) is 1. The lowest BCUT2D eigenvalue weighted by Crippen LogP contribution is -2.20. The van der Waals surface area contributed by atoms with Crippen LogP contribution in [-0.4, -0.2) is 18.2 Å². The Balaban J connectivity index is 1.84. The zero-order chi connectivity index (χ0) is 19.4. The highest BCUT2D eigenvalue weighted by atomic mass is 79.9. The molecule has 0 spiro atoms. The van der Waals surface area contributed by atoms with Crippen LogP contribution in [0.3, 0.4) is 0 Å². The third-order valence-corrected chi connectivity index (χ3v) is 6.03. The summed E-state index contributed by atoms with van der Waals surface area (Å²) >= 11 is 10.4. The minimum Gasteiger partial charge on any atom is -0.465 e. The van der Waals surface area contributed by atoms with Crippen molar-refractivity contribution in [3.05, 3.63) is 70.2 Å². The van der Waals surface area contributed by atoms with Gasteiger partial charge in [0.05, 0.1) is 12.7 Å². The van der Waals surface area contributed by atoms with Crippen molar-refractivity contribution < 1.29 is 9.53 Å². The summed E-state index contributed by atoms with van der Waals surface area (Å²) in [5.74, 6) is -0.404. The van der Waals surface area contributed by atoms with Crippen LogP contribution in [0, 0.1) is 6.92 Å². The Morgan fingerprint density at radius 3 is 2.52 bits per heavy atom. The molecule has 0 atom stereocenters. The number of hydrogen-bond acceptors (Lipinski definition) is 4. The van der Waals surface area contributed by atoms with Crippen LogP contribution in [0.15, 0.2) is 59.1 Å². The van der Waals surface area contributed by atoms with Crippen molar-refractivity contribution >= 4 is 61.3 Å². The highest BCUT2D eigenvalue weighted by Crippen LogP contribution is 2.36. The lowest BCUT2D eigenvalue weighted by Gasteiger charge is -2.11. The Kier molecular flexibility index (Phi) is 6.26. The predicted molar refractivity (Wildman–Crippen MR) is 120 cm³/mol. The first-order valence-electron chi connectivity index (χ1n) is 8.09. The van der Waals surface area contributed by atoms with E-state index in [1.807, 2.05) is 61.5 Å². The molecule has 0 amide bonds. The number of thiocarbonyl (C=S) groups is 1. The number of anilines is 2. The lowest BCUT2D eigenvalue weighted by molar-refractivity contribution is 0.0602. The first-order chi connectivity index (χ1) is 13.0. The molecule has 0 unspecified atom stereocenters. The second kappa shape index (κ2) is 8.65. The number of carbonyl (C=O) groups excluding carboxylic acids is 1. The van der Waals surface area contributed by atoms with Crippen LogP contribution in [-0.2, 0) is 4.74 Å². The van der Waals surface area contributed by atoms with Crippen LogP contribution < -0.4 is 10.6 Å². The largest absolute Gasteiger partial charge is 0.465 e. The van der Waals surface area contributed by atoms with E-state index in [2.05, 4.69) is 26.6 Å². The molecule has 138 valence electrons. The molecule has 0 fully saturated rings.